The quantitative estimate of drug-likeness (QED) is 0.374. The molecule has 0 N–H and O–H groups in total. The Kier molecular flexibility index (Phi) is 6.08. The van der Waals surface area contributed by atoms with E-state index in [2.05, 4.69) is 26.6 Å². The molecule has 0 rings (SSSR count). The van der Waals surface area contributed by atoms with Crippen LogP contribution in [0.15, 0.2) is 11.8 Å². The van der Waals surface area contributed by atoms with Crippen molar-refractivity contribution in [1.29, 1.82) is 0 Å². The molecule has 78 valence electrons. The van der Waals surface area contributed by atoms with Crippen LogP contribution in [0.3, 0.4) is 0 Å². The topological polar surface area (TPSA) is 18.5 Å². The summed E-state index contributed by atoms with van der Waals surface area (Å²) >= 11 is 0. The lowest BCUT2D eigenvalue weighted by molar-refractivity contribution is 0.148. The van der Waals surface area contributed by atoms with Crippen LogP contribution in [0.4, 0.5) is 0 Å². The first-order chi connectivity index (χ1) is 5.99. The highest BCUT2D eigenvalue weighted by molar-refractivity contribution is 6.69. The summed E-state index contributed by atoms with van der Waals surface area (Å²) in [6.07, 6.45) is 2.97. The molecule has 0 unspecified atom stereocenters. The van der Waals surface area contributed by atoms with Gasteiger partial charge in [-0.1, -0.05) is 6.92 Å². The first kappa shape index (κ1) is 12.7. The summed E-state index contributed by atoms with van der Waals surface area (Å²) in [4.78, 5) is 0. The van der Waals surface area contributed by atoms with E-state index in [9.17, 15) is 0 Å². The van der Waals surface area contributed by atoms with Gasteiger partial charge in [-0.05, 0) is 32.6 Å². The lowest BCUT2D eigenvalue weighted by Crippen LogP contribution is -2.27. The van der Waals surface area contributed by atoms with Gasteiger partial charge in [0.1, 0.15) is 6.61 Å². The maximum absolute atomic E-state index is 5.66. The molecule has 0 heterocycles. The molecule has 0 atom stereocenters. The Morgan fingerprint density at radius 1 is 1.23 bits per heavy atom. The third-order valence-corrected chi connectivity index (χ3v) is 2.65. The number of allylic oxidation sites excluding steroid dienone is 2. The van der Waals surface area contributed by atoms with Crippen LogP contribution >= 0.6 is 0 Å². The van der Waals surface area contributed by atoms with E-state index in [1.54, 1.807) is 0 Å². The summed E-state index contributed by atoms with van der Waals surface area (Å²) < 4.78 is 11.1. The summed E-state index contributed by atoms with van der Waals surface area (Å²) in [6.45, 7) is 12.0. The van der Waals surface area contributed by atoms with Crippen LogP contribution in [-0.4, -0.2) is 21.5 Å². The molecular weight excluding hydrogens is 180 g/mol. The van der Waals surface area contributed by atoms with Crippen LogP contribution in [0.1, 0.15) is 20.3 Å². The van der Waals surface area contributed by atoms with Gasteiger partial charge in [-0.2, -0.15) is 0 Å². The fourth-order valence-corrected chi connectivity index (χ4v) is 1.61. The first-order valence-electron chi connectivity index (χ1n) is 4.91. The fraction of sp³-hybridized carbons (Fsp3) is 0.800. The molecule has 3 heteroatoms. The molecule has 0 spiro atoms. The summed E-state index contributed by atoms with van der Waals surface area (Å²) in [5.74, 6) is 1.05. The second-order valence-corrected chi connectivity index (χ2v) is 8.43. The Balaban J connectivity index is 3.46. The van der Waals surface area contributed by atoms with Crippen molar-refractivity contribution in [3.8, 4) is 0 Å². The number of hydrogen-bond acceptors (Lipinski definition) is 2. The SMILES string of the molecule is C/C=C(/CC)OCCO[Si](C)(C)C. The second-order valence-electron chi connectivity index (χ2n) is 3.92. The Morgan fingerprint density at radius 2 is 1.85 bits per heavy atom. The van der Waals surface area contributed by atoms with Gasteiger partial charge in [0.15, 0.2) is 8.32 Å². The maximum Gasteiger partial charge on any atom is 0.183 e. The molecule has 0 aromatic carbocycles. The standard InChI is InChI=1S/C10H22O2Si/c1-6-10(7-2)11-8-9-12-13(3,4)5/h6H,7-9H2,1-5H3/b10-6-. The summed E-state index contributed by atoms with van der Waals surface area (Å²) in [7, 11) is -1.35. The van der Waals surface area contributed by atoms with Crippen LogP contribution in [-0.2, 0) is 9.16 Å². The van der Waals surface area contributed by atoms with Crippen molar-refractivity contribution in [3.63, 3.8) is 0 Å². The van der Waals surface area contributed by atoms with E-state index in [4.69, 9.17) is 9.16 Å². The Labute approximate surface area is 83.1 Å². The highest BCUT2D eigenvalue weighted by Crippen LogP contribution is 2.04. The Hall–Kier alpha value is -0.283. The minimum atomic E-state index is -1.35. The molecule has 0 aliphatic rings. The maximum atomic E-state index is 5.66. The van der Waals surface area contributed by atoms with Crippen molar-refractivity contribution in [2.24, 2.45) is 0 Å². The normalized spacial score (nSPS) is 13.2. The zero-order valence-electron chi connectivity index (χ0n) is 9.52. The van der Waals surface area contributed by atoms with Gasteiger partial charge in [0.25, 0.3) is 0 Å². The van der Waals surface area contributed by atoms with Gasteiger partial charge in [-0.3, -0.25) is 0 Å². The van der Waals surface area contributed by atoms with E-state index in [1.165, 1.54) is 0 Å². The Morgan fingerprint density at radius 3 is 2.23 bits per heavy atom. The van der Waals surface area contributed by atoms with Crippen LogP contribution in [0.5, 0.6) is 0 Å². The summed E-state index contributed by atoms with van der Waals surface area (Å²) in [5.41, 5.74) is 0. The lowest BCUT2D eigenvalue weighted by atomic mass is 10.4. The van der Waals surface area contributed by atoms with Gasteiger partial charge in [0.2, 0.25) is 0 Å². The van der Waals surface area contributed by atoms with Crippen LogP contribution < -0.4 is 0 Å². The minimum Gasteiger partial charge on any atom is -0.496 e. The molecule has 0 bridgehead atoms. The monoisotopic (exact) mass is 202 g/mol. The van der Waals surface area contributed by atoms with Gasteiger partial charge >= 0.3 is 0 Å². The van der Waals surface area contributed by atoms with Gasteiger partial charge in [-0.15, -0.1) is 0 Å². The van der Waals surface area contributed by atoms with E-state index in [1.807, 2.05) is 13.0 Å². The average molecular weight is 202 g/mol. The predicted octanol–water partition coefficient (Wildman–Crippen LogP) is 3.17. The lowest BCUT2D eigenvalue weighted by Gasteiger charge is -2.17. The summed E-state index contributed by atoms with van der Waals surface area (Å²) in [6, 6.07) is 0. The van der Waals surface area contributed by atoms with Crippen LogP contribution in [0.25, 0.3) is 0 Å². The van der Waals surface area contributed by atoms with E-state index >= 15 is 0 Å². The van der Waals surface area contributed by atoms with Crippen molar-refractivity contribution in [1.82, 2.24) is 0 Å². The largest absolute Gasteiger partial charge is 0.496 e. The summed E-state index contributed by atoms with van der Waals surface area (Å²) in [5, 5.41) is 0. The minimum absolute atomic E-state index is 0.678. The fourth-order valence-electron chi connectivity index (χ4n) is 0.910. The third-order valence-electron chi connectivity index (χ3n) is 1.58. The highest BCUT2D eigenvalue weighted by atomic mass is 28.4. The molecule has 0 saturated carbocycles. The molecule has 0 aliphatic carbocycles. The van der Waals surface area contributed by atoms with Gasteiger partial charge in [0.05, 0.1) is 12.4 Å². The molecule has 0 aliphatic heterocycles. The van der Waals surface area contributed by atoms with Crippen molar-refractivity contribution >= 4 is 8.32 Å². The average Bonchev–Trinajstić information content (AvgIpc) is 2.03. The van der Waals surface area contributed by atoms with Gasteiger partial charge < -0.3 is 9.16 Å². The van der Waals surface area contributed by atoms with Crippen molar-refractivity contribution in [2.45, 2.75) is 39.9 Å². The molecule has 2 nitrogen and oxygen atoms in total. The predicted molar refractivity (Wildman–Crippen MR) is 59.3 cm³/mol. The molecule has 0 aromatic heterocycles. The van der Waals surface area contributed by atoms with Gasteiger partial charge in [-0.25, -0.2) is 0 Å². The van der Waals surface area contributed by atoms with Gasteiger partial charge in [0, 0.05) is 6.42 Å². The van der Waals surface area contributed by atoms with Crippen molar-refractivity contribution in [3.05, 3.63) is 11.8 Å². The number of ether oxygens (including phenoxy) is 1. The Bertz CT molecular complexity index is 159. The first-order valence-corrected chi connectivity index (χ1v) is 8.32. The number of hydrogen-bond donors (Lipinski definition) is 0. The molecule has 0 fully saturated rings. The van der Waals surface area contributed by atoms with E-state index < -0.39 is 8.32 Å². The smallest absolute Gasteiger partial charge is 0.183 e. The zero-order valence-corrected chi connectivity index (χ0v) is 10.5. The van der Waals surface area contributed by atoms with Crippen molar-refractivity contribution in [2.75, 3.05) is 13.2 Å². The second kappa shape index (κ2) is 6.21. The van der Waals surface area contributed by atoms with Crippen molar-refractivity contribution < 1.29 is 9.16 Å². The molecule has 13 heavy (non-hydrogen) atoms. The van der Waals surface area contributed by atoms with Crippen LogP contribution in [0.2, 0.25) is 19.6 Å². The highest BCUT2D eigenvalue weighted by Gasteiger charge is 2.13. The van der Waals surface area contributed by atoms with E-state index in [0.717, 1.165) is 12.2 Å². The van der Waals surface area contributed by atoms with E-state index in [-0.39, 0.29) is 0 Å². The molecule has 0 radical (unpaired) electrons. The molecular formula is C10H22O2Si. The molecule has 0 saturated heterocycles. The van der Waals surface area contributed by atoms with E-state index in [0.29, 0.717) is 13.2 Å². The molecule has 0 amide bonds. The number of rotatable bonds is 6. The zero-order chi connectivity index (χ0) is 10.3. The molecule has 0 aromatic rings. The van der Waals surface area contributed by atoms with Crippen LogP contribution in [0, 0.1) is 0 Å². The third kappa shape index (κ3) is 8.06.